The number of allylic oxidation sites excluding steroid dienone is 1. The van der Waals surface area contributed by atoms with Gasteiger partial charge in [0.25, 0.3) is 0 Å². The number of benzene rings is 1. The van der Waals surface area contributed by atoms with E-state index in [2.05, 4.69) is 13.0 Å². The van der Waals surface area contributed by atoms with Crippen LogP contribution in [0.2, 0.25) is 0 Å². The largest absolute Gasteiger partial charge is 0.126 e. The maximum Gasteiger partial charge on any atom is 0.126 e. The summed E-state index contributed by atoms with van der Waals surface area (Å²) < 4.78 is 0. The zero-order valence-corrected chi connectivity index (χ0v) is 8.31. The van der Waals surface area contributed by atoms with Gasteiger partial charge in [-0.25, -0.2) is 0 Å². The van der Waals surface area contributed by atoms with Crippen molar-refractivity contribution in [2.45, 2.75) is 11.8 Å². The van der Waals surface area contributed by atoms with E-state index in [1.54, 1.807) is 6.08 Å². The van der Waals surface area contributed by atoms with E-state index in [0.29, 0.717) is 0 Å². The van der Waals surface area contributed by atoms with Gasteiger partial charge >= 0.3 is 0 Å². The lowest BCUT2D eigenvalue weighted by atomic mass is 10.1. The molecule has 0 N–H and O–H groups in total. The van der Waals surface area contributed by atoms with Crippen LogP contribution in [0.25, 0.3) is 6.08 Å². The van der Waals surface area contributed by atoms with Crippen molar-refractivity contribution in [2.75, 3.05) is 0 Å². The minimum Gasteiger partial charge on any atom is -0.101 e. The number of hydrogen-bond donors (Lipinski definition) is 0. The monoisotopic (exact) mass is 200 g/mol. The highest BCUT2D eigenvalue weighted by Crippen LogP contribution is 2.11. The highest BCUT2D eigenvalue weighted by atomic mass is 35.5. The third-order valence-electron chi connectivity index (χ3n) is 1.61. The zero-order chi connectivity index (χ0) is 8.97. The second-order valence-corrected chi connectivity index (χ2v) is 3.71. The summed E-state index contributed by atoms with van der Waals surface area (Å²) in [6.45, 7) is 2.05. The van der Waals surface area contributed by atoms with Gasteiger partial charge in [0.05, 0.1) is 0 Å². The molecule has 0 aliphatic rings. The van der Waals surface area contributed by atoms with Crippen molar-refractivity contribution in [2.24, 2.45) is 0 Å². The van der Waals surface area contributed by atoms with Gasteiger partial charge in [0.1, 0.15) is 4.84 Å². The Balaban J connectivity index is 2.82. The number of aryl methyl sites for hydroxylation is 1. The quantitative estimate of drug-likeness (QED) is 0.638. The molecule has 1 rings (SSSR count). The molecule has 0 saturated heterocycles. The SMILES string of the molecule is Cc1ccccc1C=CC(Cl)Cl. The molecule has 0 aliphatic heterocycles. The smallest absolute Gasteiger partial charge is 0.101 e. The first-order valence-corrected chi connectivity index (χ1v) is 4.59. The maximum atomic E-state index is 5.56. The number of rotatable bonds is 2. The summed E-state index contributed by atoms with van der Waals surface area (Å²) in [6.07, 6.45) is 3.69. The van der Waals surface area contributed by atoms with Crippen molar-refractivity contribution in [3.63, 3.8) is 0 Å². The Morgan fingerprint density at radius 3 is 2.50 bits per heavy atom. The number of halogens is 2. The van der Waals surface area contributed by atoms with E-state index in [0.717, 1.165) is 5.56 Å². The Kier molecular flexibility index (Phi) is 3.64. The minimum absolute atomic E-state index is 0.426. The molecule has 0 amide bonds. The fourth-order valence-electron chi connectivity index (χ4n) is 0.950. The summed E-state index contributed by atoms with van der Waals surface area (Å²) in [5, 5.41) is 0. The highest BCUT2D eigenvalue weighted by molar-refractivity contribution is 6.45. The Bertz CT molecular complexity index is 277. The fraction of sp³-hybridized carbons (Fsp3) is 0.200. The van der Waals surface area contributed by atoms with Crippen LogP contribution in [0, 0.1) is 6.92 Å². The molecular formula is C10H10Cl2. The standard InChI is InChI=1S/C10H10Cl2/c1-8-4-2-3-5-9(8)6-7-10(11)12/h2-7,10H,1H3. The van der Waals surface area contributed by atoms with Gasteiger partial charge in [0.15, 0.2) is 0 Å². The van der Waals surface area contributed by atoms with Crippen LogP contribution in [0.4, 0.5) is 0 Å². The molecule has 64 valence electrons. The first-order chi connectivity index (χ1) is 5.70. The number of alkyl halides is 2. The summed E-state index contributed by atoms with van der Waals surface area (Å²) in [6, 6.07) is 8.08. The van der Waals surface area contributed by atoms with Crippen LogP contribution in [0.15, 0.2) is 30.3 Å². The van der Waals surface area contributed by atoms with E-state index in [4.69, 9.17) is 23.2 Å². The van der Waals surface area contributed by atoms with Gasteiger partial charge in [-0.05, 0) is 18.1 Å². The average Bonchev–Trinajstić information content (AvgIpc) is 2.03. The Labute approximate surface area is 82.8 Å². The van der Waals surface area contributed by atoms with Gasteiger partial charge in [-0.2, -0.15) is 0 Å². The van der Waals surface area contributed by atoms with E-state index < -0.39 is 4.84 Å². The Morgan fingerprint density at radius 2 is 1.92 bits per heavy atom. The molecular weight excluding hydrogens is 191 g/mol. The van der Waals surface area contributed by atoms with Crippen LogP contribution < -0.4 is 0 Å². The molecule has 0 saturated carbocycles. The van der Waals surface area contributed by atoms with Crippen LogP contribution >= 0.6 is 23.2 Å². The van der Waals surface area contributed by atoms with Gasteiger partial charge in [0, 0.05) is 0 Å². The van der Waals surface area contributed by atoms with Crippen LogP contribution in [-0.4, -0.2) is 4.84 Å². The molecule has 0 unspecified atom stereocenters. The molecule has 0 heterocycles. The molecule has 0 bridgehead atoms. The van der Waals surface area contributed by atoms with Gasteiger partial charge in [-0.1, -0.05) is 36.4 Å². The van der Waals surface area contributed by atoms with Crippen molar-refractivity contribution in [3.8, 4) is 0 Å². The molecule has 0 fully saturated rings. The van der Waals surface area contributed by atoms with Crippen molar-refractivity contribution in [1.29, 1.82) is 0 Å². The summed E-state index contributed by atoms with van der Waals surface area (Å²) >= 11 is 11.1. The maximum absolute atomic E-state index is 5.56. The first kappa shape index (κ1) is 9.63. The van der Waals surface area contributed by atoms with Crippen LogP contribution in [0.5, 0.6) is 0 Å². The second-order valence-electron chi connectivity index (χ2n) is 2.55. The molecule has 1 aromatic carbocycles. The third-order valence-corrected chi connectivity index (χ3v) is 1.90. The van der Waals surface area contributed by atoms with Crippen molar-refractivity contribution >= 4 is 29.3 Å². The summed E-state index contributed by atoms with van der Waals surface area (Å²) in [7, 11) is 0. The number of hydrogen-bond acceptors (Lipinski definition) is 0. The predicted molar refractivity (Wildman–Crippen MR) is 55.7 cm³/mol. The summed E-state index contributed by atoms with van der Waals surface area (Å²) in [5.41, 5.74) is 2.38. The molecule has 2 heteroatoms. The predicted octanol–water partition coefficient (Wildman–Crippen LogP) is 3.81. The lowest BCUT2D eigenvalue weighted by Crippen LogP contribution is -1.80. The topological polar surface area (TPSA) is 0 Å². The lowest BCUT2D eigenvalue weighted by Gasteiger charge is -1.98. The van der Waals surface area contributed by atoms with Crippen molar-refractivity contribution in [1.82, 2.24) is 0 Å². The second kappa shape index (κ2) is 4.54. The van der Waals surface area contributed by atoms with Gasteiger partial charge in [0.2, 0.25) is 0 Å². The molecule has 1 aromatic rings. The normalized spacial score (nSPS) is 11.3. The molecule has 0 nitrogen and oxygen atoms in total. The van der Waals surface area contributed by atoms with E-state index in [1.165, 1.54) is 5.56 Å². The van der Waals surface area contributed by atoms with Crippen LogP contribution in [0.1, 0.15) is 11.1 Å². The average molecular weight is 201 g/mol. The molecule has 0 aliphatic carbocycles. The van der Waals surface area contributed by atoms with E-state index in [9.17, 15) is 0 Å². The van der Waals surface area contributed by atoms with E-state index in [-0.39, 0.29) is 0 Å². The van der Waals surface area contributed by atoms with E-state index >= 15 is 0 Å². The zero-order valence-electron chi connectivity index (χ0n) is 6.80. The van der Waals surface area contributed by atoms with Gasteiger partial charge in [-0.15, -0.1) is 23.2 Å². The van der Waals surface area contributed by atoms with Gasteiger partial charge in [-0.3, -0.25) is 0 Å². The van der Waals surface area contributed by atoms with E-state index in [1.807, 2.05) is 24.3 Å². The molecule has 0 radical (unpaired) electrons. The van der Waals surface area contributed by atoms with Gasteiger partial charge < -0.3 is 0 Å². The summed E-state index contributed by atoms with van der Waals surface area (Å²) in [5.74, 6) is 0. The fourth-order valence-corrected chi connectivity index (χ4v) is 1.10. The highest BCUT2D eigenvalue weighted by Gasteiger charge is 1.93. The molecule has 0 aromatic heterocycles. The molecule has 0 spiro atoms. The van der Waals surface area contributed by atoms with Crippen LogP contribution in [0.3, 0.4) is 0 Å². The molecule has 12 heavy (non-hydrogen) atoms. The lowest BCUT2D eigenvalue weighted by molar-refractivity contribution is 1.44. The Morgan fingerprint density at radius 1 is 1.25 bits per heavy atom. The Hall–Kier alpha value is -0.460. The van der Waals surface area contributed by atoms with Crippen LogP contribution in [-0.2, 0) is 0 Å². The minimum atomic E-state index is -0.426. The third kappa shape index (κ3) is 2.88. The van der Waals surface area contributed by atoms with Crippen molar-refractivity contribution < 1.29 is 0 Å². The first-order valence-electron chi connectivity index (χ1n) is 3.72. The molecule has 0 atom stereocenters. The summed E-state index contributed by atoms with van der Waals surface area (Å²) in [4.78, 5) is -0.426. The van der Waals surface area contributed by atoms with Crippen molar-refractivity contribution in [3.05, 3.63) is 41.5 Å².